The zero-order valence-electron chi connectivity index (χ0n) is 13.0. The summed E-state index contributed by atoms with van der Waals surface area (Å²) in [6.45, 7) is 0.977. The van der Waals surface area contributed by atoms with Gasteiger partial charge in [0, 0.05) is 39.6 Å². The molecule has 0 saturated heterocycles. The molecule has 2 aromatic heterocycles. The summed E-state index contributed by atoms with van der Waals surface area (Å²) >= 11 is 0. The molecular weight excluding hydrogens is 286 g/mol. The third kappa shape index (κ3) is 3.92. The van der Waals surface area contributed by atoms with Gasteiger partial charge >= 0.3 is 0 Å². The molecule has 8 heteroatoms. The van der Waals surface area contributed by atoms with Crippen LogP contribution in [0.25, 0.3) is 11.3 Å². The zero-order chi connectivity index (χ0) is 15.9. The molecule has 2 rings (SSSR count). The van der Waals surface area contributed by atoms with Crippen LogP contribution in [0, 0.1) is 0 Å². The van der Waals surface area contributed by atoms with E-state index in [-0.39, 0.29) is 11.9 Å². The molecule has 1 atom stereocenters. The third-order valence-corrected chi connectivity index (χ3v) is 3.25. The highest BCUT2D eigenvalue weighted by Crippen LogP contribution is 2.20. The van der Waals surface area contributed by atoms with E-state index in [0.717, 1.165) is 5.56 Å². The van der Waals surface area contributed by atoms with Gasteiger partial charge in [-0.15, -0.1) is 0 Å². The molecule has 2 aromatic rings. The van der Waals surface area contributed by atoms with Gasteiger partial charge in [-0.05, 0) is 6.42 Å². The van der Waals surface area contributed by atoms with Crippen LogP contribution in [0.15, 0.2) is 18.6 Å². The fraction of sp³-hybridized carbons (Fsp3) is 0.500. The number of hydrogen-bond donors (Lipinski definition) is 2. The number of rotatable bonds is 8. The Morgan fingerprint density at radius 2 is 2.23 bits per heavy atom. The van der Waals surface area contributed by atoms with Crippen molar-refractivity contribution in [3.05, 3.63) is 24.2 Å². The number of ether oxygens (including phenoxy) is 2. The summed E-state index contributed by atoms with van der Waals surface area (Å²) in [5.74, 6) is -0.203. The number of nitrogens with one attached hydrogen (secondary N) is 2. The van der Waals surface area contributed by atoms with Crippen molar-refractivity contribution in [2.24, 2.45) is 7.05 Å². The van der Waals surface area contributed by atoms with Gasteiger partial charge in [-0.2, -0.15) is 10.2 Å². The smallest absolute Gasteiger partial charge is 0.255 e. The minimum absolute atomic E-state index is 0.117. The average molecular weight is 307 g/mol. The van der Waals surface area contributed by atoms with Crippen molar-refractivity contribution in [1.29, 1.82) is 0 Å². The van der Waals surface area contributed by atoms with E-state index in [4.69, 9.17) is 9.47 Å². The number of aryl methyl sites for hydroxylation is 1. The molecule has 0 aliphatic carbocycles. The van der Waals surface area contributed by atoms with Crippen LogP contribution in [0.2, 0.25) is 0 Å². The van der Waals surface area contributed by atoms with Gasteiger partial charge in [0.25, 0.3) is 5.91 Å². The summed E-state index contributed by atoms with van der Waals surface area (Å²) in [7, 11) is 5.05. The first-order chi connectivity index (χ1) is 10.7. The molecule has 0 fully saturated rings. The Labute approximate surface area is 128 Å². The molecule has 120 valence electrons. The predicted molar refractivity (Wildman–Crippen MR) is 80.4 cm³/mol. The number of carbonyl (C=O) groups excluding carboxylic acids is 1. The maximum atomic E-state index is 12.5. The van der Waals surface area contributed by atoms with Crippen LogP contribution in [-0.4, -0.2) is 59.4 Å². The van der Waals surface area contributed by atoms with Crippen LogP contribution >= 0.6 is 0 Å². The molecule has 8 nitrogen and oxygen atoms in total. The molecule has 22 heavy (non-hydrogen) atoms. The molecule has 0 spiro atoms. The normalized spacial score (nSPS) is 12.3. The second-order valence-corrected chi connectivity index (χ2v) is 4.97. The fourth-order valence-electron chi connectivity index (χ4n) is 2.15. The highest BCUT2D eigenvalue weighted by molar-refractivity contribution is 5.99. The summed E-state index contributed by atoms with van der Waals surface area (Å²) in [6, 6.07) is -0.117. The van der Waals surface area contributed by atoms with Crippen molar-refractivity contribution in [3.63, 3.8) is 0 Å². The minimum Gasteiger partial charge on any atom is -0.385 e. The van der Waals surface area contributed by atoms with Crippen LogP contribution in [0.3, 0.4) is 0 Å². The number of carbonyl (C=O) groups is 1. The summed E-state index contributed by atoms with van der Waals surface area (Å²) in [5, 5.41) is 13.9. The van der Waals surface area contributed by atoms with Gasteiger partial charge < -0.3 is 14.8 Å². The van der Waals surface area contributed by atoms with Crippen LogP contribution in [0.1, 0.15) is 16.8 Å². The van der Waals surface area contributed by atoms with E-state index in [9.17, 15) is 4.79 Å². The lowest BCUT2D eigenvalue weighted by Gasteiger charge is -2.17. The van der Waals surface area contributed by atoms with Crippen LogP contribution < -0.4 is 5.32 Å². The largest absolute Gasteiger partial charge is 0.385 e. The number of amides is 1. The van der Waals surface area contributed by atoms with E-state index < -0.39 is 0 Å². The summed E-state index contributed by atoms with van der Waals surface area (Å²) in [4.78, 5) is 12.5. The van der Waals surface area contributed by atoms with Crippen LogP contribution in [0.4, 0.5) is 0 Å². The van der Waals surface area contributed by atoms with Crippen LogP contribution in [0.5, 0.6) is 0 Å². The van der Waals surface area contributed by atoms with Gasteiger partial charge in [0.2, 0.25) is 0 Å². The van der Waals surface area contributed by atoms with Crippen molar-refractivity contribution in [3.8, 4) is 11.3 Å². The minimum atomic E-state index is -0.203. The molecular formula is C14H21N5O3. The highest BCUT2D eigenvalue weighted by atomic mass is 16.5. The number of nitrogens with zero attached hydrogens (tertiary/aromatic N) is 3. The Bertz CT molecular complexity index is 607. The summed E-state index contributed by atoms with van der Waals surface area (Å²) in [5.41, 5.74) is 1.94. The average Bonchev–Trinajstić information content (AvgIpc) is 3.13. The van der Waals surface area contributed by atoms with E-state index in [1.54, 1.807) is 25.1 Å². The second-order valence-electron chi connectivity index (χ2n) is 4.97. The lowest BCUT2D eigenvalue weighted by atomic mass is 10.1. The van der Waals surface area contributed by atoms with Crippen molar-refractivity contribution in [1.82, 2.24) is 25.3 Å². The molecule has 1 unspecified atom stereocenters. The Kier molecular flexibility index (Phi) is 5.68. The van der Waals surface area contributed by atoms with Gasteiger partial charge in [0.1, 0.15) is 0 Å². The third-order valence-electron chi connectivity index (χ3n) is 3.25. The van der Waals surface area contributed by atoms with E-state index in [1.807, 2.05) is 13.2 Å². The first-order valence-corrected chi connectivity index (χ1v) is 6.96. The Hall–Kier alpha value is -2.19. The van der Waals surface area contributed by atoms with Gasteiger partial charge in [-0.25, -0.2) is 0 Å². The summed E-state index contributed by atoms with van der Waals surface area (Å²) in [6.07, 6.45) is 5.69. The molecule has 0 bridgehead atoms. The molecule has 0 aliphatic rings. The molecule has 0 aliphatic heterocycles. The van der Waals surface area contributed by atoms with Crippen LogP contribution in [-0.2, 0) is 16.5 Å². The summed E-state index contributed by atoms with van der Waals surface area (Å²) < 4.78 is 11.9. The van der Waals surface area contributed by atoms with Gasteiger partial charge in [-0.3, -0.25) is 14.6 Å². The lowest BCUT2D eigenvalue weighted by Crippen LogP contribution is -2.38. The fourth-order valence-corrected chi connectivity index (χ4v) is 2.15. The SMILES string of the molecule is COCCC(COC)NC(=O)c1cn[nH]c1-c1cnn(C)c1. The monoisotopic (exact) mass is 307 g/mol. The standard InChI is InChI=1S/C14H21N5O3/c1-19-8-10(6-16-19)13-12(7-15-18-13)14(20)17-11(9-22-3)4-5-21-2/h6-8,11H,4-5,9H2,1-3H3,(H,15,18)(H,17,20). The van der Waals surface area contributed by atoms with E-state index in [1.165, 1.54) is 6.20 Å². The number of aromatic nitrogens is 4. The molecule has 0 saturated carbocycles. The first-order valence-electron chi connectivity index (χ1n) is 6.96. The number of aromatic amines is 1. The van der Waals surface area contributed by atoms with Gasteiger partial charge in [-0.1, -0.05) is 0 Å². The van der Waals surface area contributed by atoms with Crippen molar-refractivity contribution < 1.29 is 14.3 Å². The Morgan fingerprint density at radius 3 is 2.86 bits per heavy atom. The van der Waals surface area contributed by atoms with Gasteiger partial charge in [0.15, 0.2) is 0 Å². The maximum absolute atomic E-state index is 12.5. The van der Waals surface area contributed by atoms with Crippen molar-refractivity contribution in [2.75, 3.05) is 27.4 Å². The molecule has 2 heterocycles. The first kappa shape index (κ1) is 16.2. The quantitative estimate of drug-likeness (QED) is 0.744. The van der Waals surface area contributed by atoms with Crippen molar-refractivity contribution in [2.45, 2.75) is 12.5 Å². The topological polar surface area (TPSA) is 94.1 Å². The molecule has 0 radical (unpaired) electrons. The zero-order valence-corrected chi connectivity index (χ0v) is 13.0. The molecule has 2 N–H and O–H groups in total. The molecule has 1 amide bonds. The maximum Gasteiger partial charge on any atom is 0.255 e. The second kappa shape index (κ2) is 7.71. The Balaban J connectivity index is 2.11. The lowest BCUT2D eigenvalue weighted by molar-refractivity contribution is 0.0864. The van der Waals surface area contributed by atoms with E-state index in [0.29, 0.717) is 30.9 Å². The Morgan fingerprint density at radius 1 is 1.41 bits per heavy atom. The van der Waals surface area contributed by atoms with E-state index >= 15 is 0 Å². The number of H-pyrrole nitrogens is 1. The van der Waals surface area contributed by atoms with Gasteiger partial charge in [0.05, 0.1) is 36.3 Å². The highest BCUT2D eigenvalue weighted by Gasteiger charge is 2.19. The number of methoxy groups -OCH3 is 2. The predicted octanol–water partition coefficient (Wildman–Crippen LogP) is 0.592. The van der Waals surface area contributed by atoms with E-state index in [2.05, 4.69) is 20.6 Å². The van der Waals surface area contributed by atoms with Crippen molar-refractivity contribution >= 4 is 5.91 Å². The number of hydrogen-bond acceptors (Lipinski definition) is 5. The molecule has 0 aromatic carbocycles.